The van der Waals surface area contributed by atoms with Crippen molar-refractivity contribution >= 4 is 0 Å². The van der Waals surface area contributed by atoms with Crippen LogP contribution in [-0.2, 0) is 6.42 Å². The smallest absolute Gasteiger partial charge is 0.229 e. The Balaban J connectivity index is 1.88. The summed E-state index contributed by atoms with van der Waals surface area (Å²) in [7, 11) is 0. The molecule has 0 aliphatic heterocycles. The monoisotopic (exact) mass is 196 g/mol. The van der Waals surface area contributed by atoms with Gasteiger partial charge in [0.25, 0.3) is 0 Å². The maximum absolute atomic E-state index is 9.54. The largest absolute Gasteiger partial charge is 0.393 e. The normalized spacial score (nSPS) is 18.4. The number of aromatic nitrogens is 2. The van der Waals surface area contributed by atoms with E-state index in [1.807, 2.05) is 6.92 Å². The van der Waals surface area contributed by atoms with Crippen molar-refractivity contribution in [3.05, 3.63) is 11.7 Å². The van der Waals surface area contributed by atoms with E-state index >= 15 is 0 Å². The Morgan fingerprint density at radius 1 is 1.57 bits per heavy atom. The van der Waals surface area contributed by atoms with Crippen LogP contribution in [0, 0.1) is 0 Å². The fourth-order valence-electron chi connectivity index (χ4n) is 1.50. The summed E-state index contributed by atoms with van der Waals surface area (Å²) in [6, 6.07) is 0. The molecule has 1 aromatic heterocycles. The van der Waals surface area contributed by atoms with Crippen molar-refractivity contribution in [1.29, 1.82) is 0 Å². The van der Waals surface area contributed by atoms with Gasteiger partial charge in [-0.1, -0.05) is 18.5 Å². The number of aliphatic hydroxyl groups excluding tert-OH is 1. The van der Waals surface area contributed by atoms with E-state index in [0.717, 1.165) is 18.7 Å². The van der Waals surface area contributed by atoms with Crippen molar-refractivity contribution < 1.29 is 9.63 Å². The van der Waals surface area contributed by atoms with Crippen LogP contribution in [0.15, 0.2) is 4.52 Å². The zero-order valence-electron chi connectivity index (χ0n) is 8.44. The molecule has 0 bridgehead atoms. The van der Waals surface area contributed by atoms with Gasteiger partial charge in [0.05, 0.1) is 12.5 Å². The Morgan fingerprint density at radius 3 is 3.00 bits per heavy atom. The fourth-order valence-corrected chi connectivity index (χ4v) is 1.50. The van der Waals surface area contributed by atoms with Crippen LogP contribution >= 0.6 is 0 Å². The van der Waals surface area contributed by atoms with Gasteiger partial charge in [0.2, 0.25) is 5.89 Å². The maximum Gasteiger partial charge on any atom is 0.229 e. The molecule has 14 heavy (non-hydrogen) atoms. The quantitative estimate of drug-likeness (QED) is 0.777. The van der Waals surface area contributed by atoms with Crippen LogP contribution in [0.5, 0.6) is 0 Å². The lowest BCUT2D eigenvalue weighted by atomic mass is 10.1. The number of aliphatic hydroxyl groups is 1. The van der Waals surface area contributed by atoms with Crippen LogP contribution < -0.4 is 0 Å². The molecule has 4 nitrogen and oxygen atoms in total. The molecular formula is C10H16N2O2. The number of rotatable bonds is 5. The summed E-state index contributed by atoms with van der Waals surface area (Å²) in [6.07, 6.45) is 4.28. The van der Waals surface area contributed by atoms with Gasteiger partial charge in [0, 0.05) is 5.92 Å². The maximum atomic E-state index is 9.54. The zero-order chi connectivity index (χ0) is 9.97. The Morgan fingerprint density at radius 2 is 2.36 bits per heavy atom. The zero-order valence-corrected chi connectivity index (χ0v) is 8.44. The van der Waals surface area contributed by atoms with Crippen molar-refractivity contribution in [2.75, 3.05) is 0 Å². The van der Waals surface area contributed by atoms with Crippen molar-refractivity contribution in [3.8, 4) is 0 Å². The minimum Gasteiger partial charge on any atom is -0.393 e. The molecule has 1 unspecified atom stereocenters. The molecule has 78 valence electrons. The molecule has 0 spiro atoms. The number of nitrogens with zero attached hydrogens (tertiary/aromatic N) is 2. The average Bonchev–Trinajstić information content (AvgIpc) is 2.89. The van der Waals surface area contributed by atoms with Crippen molar-refractivity contribution in [2.24, 2.45) is 0 Å². The summed E-state index contributed by atoms with van der Waals surface area (Å²) in [5, 5.41) is 13.4. The molecule has 1 aromatic rings. The summed E-state index contributed by atoms with van der Waals surface area (Å²) in [5.74, 6) is 1.92. The molecule has 0 saturated heterocycles. The highest BCUT2D eigenvalue weighted by Gasteiger charge is 2.28. The molecule has 0 radical (unpaired) electrons. The van der Waals surface area contributed by atoms with Crippen molar-refractivity contribution in [3.63, 3.8) is 0 Å². The first-order valence-electron chi connectivity index (χ1n) is 5.30. The van der Waals surface area contributed by atoms with E-state index in [4.69, 9.17) is 4.52 Å². The highest BCUT2D eigenvalue weighted by atomic mass is 16.5. The highest BCUT2D eigenvalue weighted by molar-refractivity contribution is 5.03. The van der Waals surface area contributed by atoms with E-state index in [-0.39, 0.29) is 6.10 Å². The molecule has 0 aromatic carbocycles. The predicted octanol–water partition coefficient (Wildman–Crippen LogP) is 1.65. The van der Waals surface area contributed by atoms with E-state index in [1.165, 1.54) is 12.8 Å². The van der Waals surface area contributed by atoms with Crippen LogP contribution in [0.2, 0.25) is 0 Å². The summed E-state index contributed by atoms with van der Waals surface area (Å²) in [4.78, 5) is 4.26. The summed E-state index contributed by atoms with van der Waals surface area (Å²) in [5.41, 5.74) is 0. The lowest BCUT2D eigenvalue weighted by molar-refractivity contribution is 0.151. The molecule has 0 amide bonds. The molecule has 1 saturated carbocycles. The third-order valence-corrected chi connectivity index (χ3v) is 2.46. The first kappa shape index (κ1) is 9.65. The first-order valence-corrected chi connectivity index (χ1v) is 5.30. The van der Waals surface area contributed by atoms with Gasteiger partial charge in [0.1, 0.15) is 0 Å². The van der Waals surface area contributed by atoms with E-state index < -0.39 is 0 Å². The molecule has 2 rings (SSSR count). The van der Waals surface area contributed by atoms with Gasteiger partial charge < -0.3 is 9.63 Å². The molecule has 1 N–H and O–H groups in total. The number of hydrogen-bond acceptors (Lipinski definition) is 4. The van der Waals surface area contributed by atoms with Crippen molar-refractivity contribution in [2.45, 2.75) is 51.0 Å². The molecule has 1 aliphatic carbocycles. The fraction of sp³-hybridized carbons (Fsp3) is 0.800. The van der Waals surface area contributed by atoms with E-state index in [2.05, 4.69) is 10.1 Å². The molecule has 1 aliphatic rings. The van der Waals surface area contributed by atoms with Gasteiger partial charge in [0.15, 0.2) is 5.82 Å². The van der Waals surface area contributed by atoms with E-state index in [0.29, 0.717) is 18.2 Å². The Labute approximate surface area is 83.3 Å². The van der Waals surface area contributed by atoms with Crippen LogP contribution in [0.25, 0.3) is 0 Å². The predicted molar refractivity (Wildman–Crippen MR) is 50.9 cm³/mol. The second-order valence-electron chi connectivity index (χ2n) is 3.97. The first-order chi connectivity index (χ1) is 6.79. The molecule has 1 atom stereocenters. The molecule has 1 fully saturated rings. The minimum atomic E-state index is -0.340. The highest BCUT2D eigenvalue weighted by Crippen LogP contribution is 2.38. The summed E-state index contributed by atoms with van der Waals surface area (Å²) in [6.45, 7) is 2.05. The number of hydrogen-bond donors (Lipinski definition) is 1. The van der Waals surface area contributed by atoms with Crippen molar-refractivity contribution in [1.82, 2.24) is 10.1 Å². The van der Waals surface area contributed by atoms with Gasteiger partial charge >= 0.3 is 0 Å². The van der Waals surface area contributed by atoms with Crippen LogP contribution in [0.1, 0.15) is 50.2 Å². The van der Waals surface area contributed by atoms with Crippen LogP contribution in [0.3, 0.4) is 0 Å². The topological polar surface area (TPSA) is 59.2 Å². The summed E-state index contributed by atoms with van der Waals surface area (Å²) >= 11 is 0. The van der Waals surface area contributed by atoms with E-state index in [9.17, 15) is 5.11 Å². The Kier molecular flexibility index (Phi) is 2.82. The standard InChI is InChI=1S/C10H16N2O2/c1-2-3-8(13)6-9-11-10(12-14-9)7-4-5-7/h7-8,13H,2-6H2,1H3. The second kappa shape index (κ2) is 4.09. The lowest BCUT2D eigenvalue weighted by Crippen LogP contribution is -2.09. The van der Waals surface area contributed by atoms with Gasteiger partial charge in [-0.3, -0.25) is 0 Å². The van der Waals surface area contributed by atoms with Gasteiger partial charge in [-0.2, -0.15) is 4.98 Å². The van der Waals surface area contributed by atoms with Gasteiger partial charge in [-0.05, 0) is 19.3 Å². The molecule has 4 heteroatoms. The molecule has 1 heterocycles. The SMILES string of the molecule is CCCC(O)Cc1nc(C2CC2)no1. The minimum absolute atomic E-state index is 0.340. The second-order valence-corrected chi connectivity index (χ2v) is 3.97. The Bertz CT molecular complexity index is 294. The Hall–Kier alpha value is -0.900. The van der Waals surface area contributed by atoms with Gasteiger partial charge in [-0.15, -0.1) is 0 Å². The van der Waals surface area contributed by atoms with Crippen LogP contribution in [-0.4, -0.2) is 21.4 Å². The van der Waals surface area contributed by atoms with Crippen LogP contribution in [0.4, 0.5) is 0 Å². The third kappa shape index (κ3) is 2.32. The molecular weight excluding hydrogens is 180 g/mol. The summed E-state index contributed by atoms with van der Waals surface area (Å²) < 4.78 is 5.06. The third-order valence-electron chi connectivity index (χ3n) is 2.46. The van der Waals surface area contributed by atoms with Gasteiger partial charge in [-0.25, -0.2) is 0 Å². The van der Waals surface area contributed by atoms with E-state index in [1.54, 1.807) is 0 Å². The average molecular weight is 196 g/mol. The lowest BCUT2D eigenvalue weighted by Gasteiger charge is -2.03.